The van der Waals surface area contributed by atoms with Crippen molar-refractivity contribution in [2.75, 3.05) is 7.05 Å². The average molecular weight is 232 g/mol. The van der Waals surface area contributed by atoms with Gasteiger partial charge in [-0.05, 0) is 55.8 Å². The molecule has 94 valence electrons. The summed E-state index contributed by atoms with van der Waals surface area (Å²) < 4.78 is 0. The van der Waals surface area contributed by atoms with E-state index in [0.717, 1.165) is 11.8 Å². The number of aryl methyl sites for hydroxylation is 1. The zero-order valence-corrected chi connectivity index (χ0v) is 11.2. The van der Waals surface area contributed by atoms with Gasteiger partial charge in [0.05, 0.1) is 0 Å². The molecule has 1 fully saturated rings. The van der Waals surface area contributed by atoms with Crippen LogP contribution in [0.25, 0.3) is 0 Å². The smallest absolute Gasteiger partial charge is 0.0364 e. The van der Waals surface area contributed by atoms with E-state index in [1.807, 2.05) is 12.4 Å². The van der Waals surface area contributed by atoms with E-state index < -0.39 is 0 Å². The van der Waals surface area contributed by atoms with Crippen LogP contribution in [-0.4, -0.2) is 12.0 Å². The second-order valence-corrected chi connectivity index (χ2v) is 5.35. The zero-order valence-electron chi connectivity index (χ0n) is 11.2. The van der Waals surface area contributed by atoms with E-state index in [4.69, 9.17) is 0 Å². The third-order valence-corrected chi connectivity index (χ3v) is 4.36. The lowest BCUT2D eigenvalue weighted by molar-refractivity contribution is 0.371. The fourth-order valence-electron chi connectivity index (χ4n) is 3.23. The summed E-state index contributed by atoms with van der Waals surface area (Å²) in [6, 6.07) is 2.60. The molecule has 1 aromatic rings. The molecule has 1 aromatic heterocycles. The lowest BCUT2D eigenvalue weighted by Gasteiger charge is -2.25. The Morgan fingerprint density at radius 3 is 2.88 bits per heavy atom. The first-order chi connectivity index (χ1) is 8.26. The largest absolute Gasteiger partial charge is 0.313 e. The number of nitrogens with one attached hydrogen (secondary N) is 1. The van der Waals surface area contributed by atoms with Crippen LogP contribution in [0, 0.1) is 18.8 Å². The Hall–Kier alpha value is -0.890. The van der Waals surface area contributed by atoms with Crippen LogP contribution in [-0.2, 0) is 0 Å². The summed E-state index contributed by atoms with van der Waals surface area (Å²) in [5.74, 6) is 1.72. The van der Waals surface area contributed by atoms with Crippen LogP contribution < -0.4 is 5.32 Å². The van der Waals surface area contributed by atoms with Crippen molar-refractivity contribution >= 4 is 0 Å². The molecule has 1 N–H and O–H groups in total. The number of pyridine rings is 1. The third kappa shape index (κ3) is 2.68. The van der Waals surface area contributed by atoms with Gasteiger partial charge in [-0.2, -0.15) is 0 Å². The van der Waals surface area contributed by atoms with Gasteiger partial charge in [0.2, 0.25) is 0 Å². The quantitative estimate of drug-likeness (QED) is 0.859. The molecule has 0 bridgehead atoms. The molecule has 1 saturated carbocycles. The molecular formula is C15H24N2. The molecule has 1 aliphatic rings. The molecular weight excluding hydrogens is 208 g/mol. The summed E-state index contributed by atoms with van der Waals surface area (Å²) in [6.07, 6.45) is 9.39. The molecule has 2 heteroatoms. The first-order valence-electron chi connectivity index (χ1n) is 6.84. The van der Waals surface area contributed by atoms with E-state index in [1.54, 1.807) is 0 Å². The molecule has 0 radical (unpaired) electrons. The third-order valence-electron chi connectivity index (χ3n) is 4.36. The van der Waals surface area contributed by atoms with Crippen LogP contribution in [0.5, 0.6) is 0 Å². The fourth-order valence-corrected chi connectivity index (χ4v) is 3.23. The Balaban J connectivity index is 2.15. The van der Waals surface area contributed by atoms with Gasteiger partial charge in [-0.25, -0.2) is 0 Å². The van der Waals surface area contributed by atoms with Gasteiger partial charge < -0.3 is 5.32 Å². The van der Waals surface area contributed by atoms with Crippen molar-refractivity contribution in [3.8, 4) is 0 Å². The maximum absolute atomic E-state index is 4.28. The van der Waals surface area contributed by atoms with Crippen LogP contribution in [0.3, 0.4) is 0 Å². The Morgan fingerprint density at radius 1 is 1.47 bits per heavy atom. The predicted octanol–water partition coefficient (Wildman–Crippen LogP) is 3.48. The molecule has 0 spiro atoms. The summed E-state index contributed by atoms with van der Waals surface area (Å²) >= 11 is 0. The summed E-state index contributed by atoms with van der Waals surface area (Å²) in [6.45, 7) is 4.50. The second-order valence-electron chi connectivity index (χ2n) is 5.35. The molecule has 2 rings (SSSR count). The summed E-state index contributed by atoms with van der Waals surface area (Å²) in [4.78, 5) is 4.28. The summed E-state index contributed by atoms with van der Waals surface area (Å²) in [5.41, 5.74) is 2.75. The van der Waals surface area contributed by atoms with Gasteiger partial charge >= 0.3 is 0 Å². The maximum atomic E-state index is 4.28. The highest BCUT2D eigenvalue weighted by Gasteiger charge is 2.30. The van der Waals surface area contributed by atoms with E-state index in [-0.39, 0.29) is 0 Å². The number of hydrogen-bond acceptors (Lipinski definition) is 2. The highest BCUT2D eigenvalue weighted by atomic mass is 14.9. The highest BCUT2D eigenvalue weighted by molar-refractivity contribution is 5.26. The van der Waals surface area contributed by atoms with Gasteiger partial charge in [0.1, 0.15) is 0 Å². The first kappa shape index (κ1) is 12.6. The maximum Gasteiger partial charge on any atom is 0.0364 e. The van der Waals surface area contributed by atoms with Gasteiger partial charge in [-0.3, -0.25) is 4.98 Å². The molecule has 1 heterocycles. The molecule has 17 heavy (non-hydrogen) atoms. The van der Waals surface area contributed by atoms with E-state index in [0.29, 0.717) is 6.04 Å². The van der Waals surface area contributed by atoms with Gasteiger partial charge in [0.15, 0.2) is 0 Å². The van der Waals surface area contributed by atoms with Crippen molar-refractivity contribution in [3.63, 3.8) is 0 Å². The lowest BCUT2D eigenvalue weighted by Crippen LogP contribution is -2.24. The van der Waals surface area contributed by atoms with E-state index in [9.17, 15) is 0 Å². The molecule has 3 unspecified atom stereocenters. The van der Waals surface area contributed by atoms with Crippen molar-refractivity contribution in [2.24, 2.45) is 11.8 Å². The van der Waals surface area contributed by atoms with Gasteiger partial charge in [0, 0.05) is 18.4 Å². The van der Waals surface area contributed by atoms with Crippen molar-refractivity contribution in [3.05, 3.63) is 29.6 Å². The standard InChI is InChI=1S/C15H24N2/c1-4-12-5-6-13(9-12)15(16-3)14-10-17-8-7-11(14)2/h7-8,10,12-13,15-16H,4-6,9H2,1-3H3. The van der Waals surface area contributed by atoms with Crippen LogP contribution in [0.1, 0.15) is 49.8 Å². The monoisotopic (exact) mass is 232 g/mol. The molecule has 0 amide bonds. The lowest BCUT2D eigenvalue weighted by atomic mass is 9.89. The number of hydrogen-bond donors (Lipinski definition) is 1. The van der Waals surface area contributed by atoms with Crippen molar-refractivity contribution < 1.29 is 0 Å². The van der Waals surface area contributed by atoms with E-state index in [1.165, 1.54) is 36.8 Å². The molecule has 1 aliphatic carbocycles. The summed E-state index contributed by atoms with van der Waals surface area (Å²) in [5, 5.41) is 3.51. The van der Waals surface area contributed by atoms with Crippen LogP contribution in [0.15, 0.2) is 18.5 Å². The first-order valence-corrected chi connectivity index (χ1v) is 6.84. The van der Waals surface area contributed by atoms with Crippen LogP contribution in [0.2, 0.25) is 0 Å². The van der Waals surface area contributed by atoms with Crippen LogP contribution >= 0.6 is 0 Å². The Labute approximate surface area is 105 Å². The second kappa shape index (κ2) is 5.63. The van der Waals surface area contributed by atoms with E-state index in [2.05, 4.69) is 37.3 Å². The predicted molar refractivity (Wildman–Crippen MR) is 71.9 cm³/mol. The topological polar surface area (TPSA) is 24.9 Å². The average Bonchev–Trinajstić information content (AvgIpc) is 2.81. The Morgan fingerprint density at radius 2 is 2.29 bits per heavy atom. The number of rotatable bonds is 4. The zero-order chi connectivity index (χ0) is 12.3. The minimum Gasteiger partial charge on any atom is -0.313 e. The van der Waals surface area contributed by atoms with E-state index >= 15 is 0 Å². The van der Waals surface area contributed by atoms with Gasteiger partial charge in [-0.15, -0.1) is 0 Å². The molecule has 0 saturated heterocycles. The SMILES string of the molecule is CCC1CCC(C(NC)c2cnccc2C)C1. The molecule has 0 aromatic carbocycles. The minimum absolute atomic E-state index is 0.486. The normalized spacial score (nSPS) is 26.1. The molecule has 0 aliphatic heterocycles. The van der Waals surface area contributed by atoms with Crippen LogP contribution in [0.4, 0.5) is 0 Å². The Kier molecular flexibility index (Phi) is 4.16. The van der Waals surface area contributed by atoms with Gasteiger partial charge in [-0.1, -0.05) is 19.8 Å². The van der Waals surface area contributed by atoms with Crippen molar-refractivity contribution in [1.82, 2.24) is 10.3 Å². The minimum atomic E-state index is 0.486. The van der Waals surface area contributed by atoms with Crippen molar-refractivity contribution in [2.45, 2.75) is 45.6 Å². The number of nitrogens with zero attached hydrogens (tertiary/aromatic N) is 1. The Bertz CT molecular complexity index is 362. The van der Waals surface area contributed by atoms with Crippen molar-refractivity contribution in [1.29, 1.82) is 0 Å². The highest BCUT2D eigenvalue weighted by Crippen LogP contribution is 2.40. The molecule has 3 atom stereocenters. The van der Waals surface area contributed by atoms with Gasteiger partial charge in [0.25, 0.3) is 0 Å². The summed E-state index contributed by atoms with van der Waals surface area (Å²) in [7, 11) is 2.08. The molecule has 2 nitrogen and oxygen atoms in total. The fraction of sp³-hybridized carbons (Fsp3) is 0.667. The number of aromatic nitrogens is 1.